The van der Waals surface area contributed by atoms with E-state index in [1.54, 1.807) is 0 Å². The SMILES string of the molecule is CCC(Cc1cccc(Br)c1)C(=O)NCCC1CCNC1.Cl. The van der Waals surface area contributed by atoms with E-state index in [1.807, 2.05) is 12.1 Å². The summed E-state index contributed by atoms with van der Waals surface area (Å²) in [7, 11) is 0. The highest BCUT2D eigenvalue weighted by Crippen LogP contribution is 2.17. The summed E-state index contributed by atoms with van der Waals surface area (Å²) >= 11 is 3.48. The van der Waals surface area contributed by atoms with Gasteiger partial charge < -0.3 is 10.6 Å². The normalized spacial score (nSPS) is 18.5. The second-order valence-electron chi connectivity index (χ2n) is 5.88. The molecule has 124 valence electrons. The molecule has 0 aromatic heterocycles. The molecule has 2 unspecified atom stereocenters. The highest BCUT2D eigenvalue weighted by Gasteiger charge is 2.18. The molecule has 3 nitrogen and oxygen atoms in total. The van der Waals surface area contributed by atoms with Gasteiger partial charge in [0.2, 0.25) is 5.91 Å². The lowest BCUT2D eigenvalue weighted by atomic mass is 9.96. The van der Waals surface area contributed by atoms with Crippen molar-refractivity contribution in [2.45, 2.75) is 32.6 Å². The van der Waals surface area contributed by atoms with Gasteiger partial charge in [0, 0.05) is 16.9 Å². The Bertz CT molecular complexity index is 464. The maximum absolute atomic E-state index is 12.3. The molecule has 0 spiro atoms. The van der Waals surface area contributed by atoms with Crippen molar-refractivity contribution in [2.24, 2.45) is 11.8 Å². The predicted octanol–water partition coefficient (Wildman–Crippen LogP) is 3.56. The van der Waals surface area contributed by atoms with Crippen molar-refractivity contribution in [3.63, 3.8) is 0 Å². The molecule has 5 heteroatoms. The number of carbonyl (C=O) groups excluding carboxylic acids is 1. The first kappa shape index (κ1) is 19.5. The van der Waals surface area contributed by atoms with Gasteiger partial charge in [-0.25, -0.2) is 0 Å². The van der Waals surface area contributed by atoms with Crippen molar-refractivity contribution in [1.82, 2.24) is 10.6 Å². The number of nitrogens with one attached hydrogen (secondary N) is 2. The first-order chi connectivity index (χ1) is 10.2. The third-order valence-electron chi connectivity index (χ3n) is 4.25. The molecular weight excluding hydrogens is 364 g/mol. The average Bonchev–Trinajstić information content (AvgIpc) is 2.98. The Morgan fingerprint density at radius 3 is 2.95 bits per heavy atom. The smallest absolute Gasteiger partial charge is 0.223 e. The number of rotatable bonds is 7. The van der Waals surface area contributed by atoms with Gasteiger partial charge in [0.25, 0.3) is 0 Å². The van der Waals surface area contributed by atoms with Crippen molar-refractivity contribution in [3.05, 3.63) is 34.3 Å². The van der Waals surface area contributed by atoms with E-state index in [0.717, 1.165) is 49.3 Å². The molecule has 1 fully saturated rings. The Labute approximate surface area is 148 Å². The summed E-state index contributed by atoms with van der Waals surface area (Å²) in [6.07, 6.45) is 4.02. The van der Waals surface area contributed by atoms with Gasteiger partial charge in [0.1, 0.15) is 0 Å². The van der Waals surface area contributed by atoms with E-state index >= 15 is 0 Å². The number of amides is 1. The Hall–Kier alpha value is -0.580. The molecule has 1 aromatic rings. The van der Waals surface area contributed by atoms with Crippen LogP contribution in [-0.2, 0) is 11.2 Å². The van der Waals surface area contributed by atoms with Crippen LogP contribution >= 0.6 is 28.3 Å². The molecular formula is C17H26BrClN2O. The fourth-order valence-corrected chi connectivity index (χ4v) is 3.32. The monoisotopic (exact) mass is 388 g/mol. The van der Waals surface area contributed by atoms with Gasteiger partial charge in [-0.15, -0.1) is 12.4 Å². The number of halogens is 2. The quantitative estimate of drug-likeness (QED) is 0.748. The lowest BCUT2D eigenvalue weighted by molar-refractivity contribution is -0.125. The van der Waals surface area contributed by atoms with Crippen LogP contribution in [0.15, 0.2) is 28.7 Å². The summed E-state index contributed by atoms with van der Waals surface area (Å²) in [6.45, 7) is 5.12. The molecule has 2 rings (SSSR count). The molecule has 2 N–H and O–H groups in total. The Morgan fingerprint density at radius 1 is 1.50 bits per heavy atom. The zero-order valence-corrected chi connectivity index (χ0v) is 15.5. The van der Waals surface area contributed by atoms with E-state index < -0.39 is 0 Å². The molecule has 0 aliphatic carbocycles. The van der Waals surface area contributed by atoms with Crippen LogP contribution in [0.2, 0.25) is 0 Å². The zero-order valence-electron chi connectivity index (χ0n) is 13.1. The van der Waals surface area contributed by atoms with Crippen molar-refractivity contribution in [1.29, 1.82) is 0 Å². The molecule has 0 saturated carbocycles. The summed E-state index contributed by atoms with van der Waals surface area (Å²) in [6, 6.07) is 8.22. The number of benzene rings is 1. The van der Waals surface area contributed by atoms with Crippen LogP contribution < -0.4 is 10.6 Å². The summed E-state index contributed by atoms with van der Waals surface area (Å²) in [5, 5.41) is 6.48. The number of hydrogen-bond donors (Lipinski definition) is 2. The number of hydrogen-bond acceptors (Lipinski definition) is 2. The fourth-order valence-electron chi connectivity index (χ4n) is 2.88. The van der Waals surface area contributed by atoms with Gasteiger partial charge >= 0.3 is 0 Å². The van der Waals surface area contributed by atoms with Crippen molar-refractivity contribution < 1.29 is 4.79 Å². The minimum Gasteiger partial charge on any atom is -0.356 e. The largest absolute Gasteiger partial charge is 0.356 e. The molecule has 2 atom stereocenters. The van der Waals surface area contributed by atoms with Crippen LogP contribution in [0, 0.1) is 11.8 Å². The van der Waals surface area contributed by atoms with Crippen LogP contribution in [-0.4, -0.2) is 25.5 Å². The van der Waals surface area contributed by atoms with Gasteiger partial charge in [0.15, 0.2) is 0 Å². The second kappa shape index (κ2) is 10.2. The topological polar surface area (TPSA) is 41.1 Å². The van der Waals surface area contributed by atoms with Gasteiger partial charge in [-0.05, 0) is 62.4 Å². The van der Waals surface area contributed by atoms with Crippen LogP contribution in [0.4, 0.5) is 0 Å². The molecule has 1 saturated heterocycles. The van der Waals surface area contributed by atoms with Crippen LogP contribution in [0.3, 0.4) is 0 Å². The molecule has 1 amide bonds. The summed E-state index contributed by atoms with van der Waals surface area (Å²) in [5.74, 6) is 1.000. The maximum Gasteiger partial charge on any atom is 0.223 e. The minimum atomic E-state index is 0. The molecule has 0 radical (unpaired) electrons. The van der Waals surface area contributed by atoms with Crippen LogP contribution in [0.25, 0.3) is 0 Å². The molecule has 22 heavy (non-hydrogen) atoms. The van der Waals surface area contributed by atoms with Gasteiger partial charge in [-0.2, -0.15) is 0 Å². The number of carbonyl (C=O) groups is 1. The van der Waals surface area contributed by atoms with E-state index in [-0.39, 0.29) is 24.2 Å². The Morgan fingerprint density at radius 2 is 2.32 bits per heavy atom. The standard InChI is InChI=1S/C17H25BrN2O.ClH/c1-2-15(10-14-4-3-5-16(18)11-14)17(21)20-9-7-13-6-8-19-12-13;/h3-5,11,13,15,19H,2,6-10,12H2,1H3,(H,20,21);1H. The summed E-state index contributed by atoms with van der Waals surface area (Å²) in [4.78, 5) is 12.3. The van der Waals surface area contributed by atoms with E-state index in [9.17, 15) is 4.79 Å². The average molecular weight is 390 g/mol. The van der Waals surface area contributed by atoms with Gasteiger partial charge in [-0.1, -0.05) is 35.0 Å². The second-order valence-corrected chi connectivity index (χ2v) is 6.79. The van der Waals surface area contributed by atoms with Gasteiger partial charge in [0.05, 0.1) is 0 Å². The summed E-state index contributed by atoms with van der Waals surface area (Å²) in [5.41, 5.74) is 1.21. The molecule has 1 aromatic carbocycles. The molecule has 1 heterocycles. The minimum absolute atomic E-state index is 0. The predicted molar refractivity (Wildman–Crippen MR) is 97.5 cm³/mol. The van der Waals surface area contributed by atoms with E-state index in [0.29, 0.717) is 0 Å². The highest BCUT2D eigenvalue weighted by atomic mass is 79.9. The lowest BCUT2D eigenvalue weighted by Crippen LogP contribution is -2.33. The zero-order chi connectivity index (χ0) is 15.1. The van der Waals surface area contributed by atoms with Crippen LogP contribution in [0.5, 0.6) is 0 Å². The molecule has 1 aliphatic heterocycles. The highest BCUT2D eigenvalue weighted by molar-refractivity contribution is 9.10. The molecule has 0 bridgehead atoms. The maximum atomic E-state index is 12.3. The van der Waals surface area contributed by atoms with Crippen LogP contribution in [0.1, 0.15) is 31.7 Å². The van der Waals surface area contributed by atoms with Crippen molar-refractivity contribution in [3.8, 4) is 0 Å². The Kier molecular flexibility index (Phi) is 9.06. The van der Waals surface area contributed by atoms with Gasteiger partial charge in [-0.3, -0.25) is 4.79 Å². The summed E-state index contributed by atoms with van der Waals surface area (Å²) < 4.78 is 1.07. The lowest BCUT2D eigenvalue weighted by Gasteiger charge is -2.16. The van der Waals surface area contributed by atoms with Crippen molar-refractivity contribution in [2.75, 3.05) is 19.6 Å². The third-order valence-corrected chi connectivity index (χ3v) is 4.74. The van der Waals surface area contributed by atoms with E-state index in [4.69, 9.17) is 0 Å². The fraction of sp³-hybridized carbons (Fsp3) is 0.588. The third kappa shape index (κ3) is 6.27. The van der Waals surface area contributed by atoms with Crippen molar-refractivity contribution >= 4 is 34.2 Å². The Balaban J connectivity index is 0.00000242. The molecule has 1 aliphatic rings. The first-order valence-corrected chi connectivity index (χ1v) is 8.71. The van der Waals surface area contributed by atoms with E-state index in [2.05, 4.69) is 45.6 Å². The van der Waals surface area contributed by atoms with E-state index in [1.165, 1.54) is 12.0 Å². The first-order valence-electron chi connectivity index (χ1n) is 7.92.